The zero-order chi connectivity index (χ0) is 18.4. The molecule has 7 atom stereocenters. The van der Waals surface area contributed by atoms with Crippen LogP contribution < -0.4 is 5.32 Å². The van der Waals surface area contributed by atoms with Gasteiger partial charge in [0.25, 0.3) is 0 Å². The average Bonchev–Trinajstić information content (AvgIpc) is 3.15. The Kier molecular flexibility index (Phi) is 5.16. The summed E-state index contributed by atoms with van der Waals surface area (Å²) in [6, 6.07) is 0.462. The van der Waals surface area contributed by atoms with Crippen LogP contribution in [0.1, 0.15) is 39.0 Å². The SMILES string of the molecule is CC1CC(S(=O)O)C=CC1N1CCC2NC(C3=C(F)CCC=C3F)CC21. The highest BCUT2D eigenvalue weighted by Crippen LogP contribution is 2.40. The van der Waals surface area contributed by atoms with E-state index in [0.29, 0.717) is 25.7 Å². The number of nitrogens with one attached hydrogen (secondary N) is 1. The Morgan fingerprint density at radius 3 is 2.81 bits per heavy atom. The predicted molar refractivity (Wildman–Crippen MR) is 98.3 cm³/mol. The molecule has 0 aromatic rings. The van der Waals surface area contributed by atoms with E-state index in [0.717, 1.165) is 13.0 Å². The van der Waals surface area contributed by atoms with Gasteiger partial charge in [0.1, 0.15) is 11.7 Å². The van der Waals surface area contributed by atoms with Gasteiger partial charge in [-0.15, -0.1) is 0 Å². The molecule has 2 N–H and O–H groups in total. The van der Waals surface area contributed by atoms with Crippen molar-refractivity contribution < 1.29 is 17.5 Å². The van der Waals surface area contributed by atoms with Gasteiger partial charge in [-0.25, -0.2) is 13.0 Å². The molecule has 26 heavy (non-hydrogen) atoms. The van der Waals surface area contributed by atoms with E-state index in [1.165, 1.54) is 6.08 Å². The fourth-order valence-electron chi connectivity index (χ4n) is 5.16. The minimum Gasteiger partial charge on any atom is -0.306 e. The molecule has 0 aromatic carbocycles. The van der Waals surface area contributed by atoms with E-state index in [1.54, 1.807) is 0 Å². The lowest BCUT2D eigenvalue weighted by molar-refractivity contribution is 0.157. The van der Waals surface area contributed by atoms with Gasteiger partial charge in [0.15, 0.2) is 11.1 Å². The first-order valence-electron chi connectivity index (χ1n) is 9.50. The molecule has 0 spiro atoms. The van der Waals surface area contributed by atoms with E-state index in [9.17, 15) is 17.5 Å². The highest BCUT2D eigenvalue weighted by Gasteiger charge is 2.47. The molecule has 0 radical (unpaired) electrons. The van der Waals surface area contributed by atoms with Gasteiger partial charge in [-0.3, -0.25) is 4.90 Å². The van der Waals surface area contributed by atoms with Crippen LogP contribution in [0.15, 0.2) is 35.5 Å². The molecule has 2 aliphatic heterocycles. The maximum atomic E-state index is 14.2. The van der Waals surface area contributed by atoms with Crippen molar-refractivity contribution >= 4 is 11.1 Å². The van der Waals surface area contributed by atoms with Crippen LogP contribution in [0.4, 0.5) is 8.78 Å². The highest BCUT2D eigenvalue weighted by molar-refractivity contribution is 7.80. The van der Waals surface area contributed by atoms with Crippen molar-refractivity contribution in [1.82, 2.24) is 10.2 Å². The van der Waals surface area contributed by atoms with Gasteiger partial charge < -0.3 is 9.87 Å². The average molecular weight is 384 g/mol. The van der Waals surface area contributed by atoms with Gasteiger partial charge in [0.2, 0.25) is 0 Å². The largest absolute Gasteiger partial charge is 0.306 e. The van der Waals surface area contributed by atoms with Crippen molar-refractivity contribution in [3.05, 3.63) is 35.5 Å². The monoisotopic (exact) mass is 384 g/mol. The molecular weight excluding hydrogens is 358 g/mol. The number of halogens is 2. The van der Waals surface area contributed by atoms with Crippen LogP contribution in [0, 0.1) is 5.92 Å². The third kappa shape index (κ3) is 3.23. The van der Waals surface area contributed by atoms with Crippen molar-refractivity contribution in [1.29, 1.82) is 0 Å². The van der Waals surface area contributed by atoms with Crippen LogP contribution >= 0.6 is 0 Å². The molecule has 7 heteroatoms. The molecule has 2 saturated heterocycles. The summed E-state index contributed by atoms with van der Waals surface area (Å²) in [5, 5.41) is 3.16. The number of nitrogens with zero attached hydrogens (tertiary/aromatic N) is 1. The van der Waals surface area contributed by atoms with E-state index in [-0.39, 0.29) is 46.7 Å². The van der Waals surface area contributed by atoms with Crippen LogP contribution in [0.25, 0.3) is 0 Å². The number of fused-ring (bicyclic) bond motifs is 1. The van der Waals surface area contributed by atoms with Gasteiger partial charge in [0.05, 0.1) is 5.25 Å². The Balaban J connectivity index is 1.50. The number of rotatable bonds is 3. The predicted octanol–water partition coefficient (Wildman–Crippen LogP) is 3.22. The molecule has 7 unspecified atom stereocenters. The Labute approximate surface area is 155 Å². The molecule has 144 valence electrons. The number of allylic oxidation sites excluding steroid dienone is 2. The van der Waals surface area contributed by atoms with Gasteiger partial charge >= 0.3 is 0 Å². The van der Waals surface area contributed by atoms with Crippen molar-refractivity contribution in [2.45, 2.75) is 68.4 Å². The number of hydrogen-bond donors (Lipinski definition) is 2. The summed E-state index contributed by atoms with van der Waals surface area (Å²) in [6.07, 6.45) is 8.50. The second-order valence-corrected chi connectivity index (χ2v) is 9.13. The smallest absolute Gasteiger partial charge is 0.159 e. The zero-order valence-corrected chi connectivity index (χ0v) is 15.7. The molecule has 0 saturated carbocycles. The third-order valence-corrected chi connectivity index (χ3v) is 7.29. The lowest BCUT2D eigenvalue weighted by Gasteiger charge is -2.38. The van der Waals surface area contributed by atoms with Crippen LogP contribution in [0.2, 0.25) is 0 Å². The fraction of sp³-hybridized carbons (Fsp3) is 0.684. The summed E-state index contributed by atoms with van der Waals surface area (Å²) in [7, 11) is 0. The molecule has 4 aliphatic rings. The normalized spacial score (nSPS) is 42.1. The third-order valence-electron chi connectivity index (χ3n) is 6.42. The van der Waals surface area contributed by atoms with Crippen molar-refractivity contribution in [2.24, 2.45) is 5.92 Å². The summed E-state index contributed by atoms with van der Waals surface area (Å²) in [6.45, 7) is 3.06. The minimum absolute atomic E-state index is 0.218. The Bertz CT molecular complexity index is 693. The van der Waals surface area contributed by atoms with Gasteiger partial charge in [-0.2, -0.15) is 0 Å². The van der Waals surface area contributed by atoms with Crippen LogP contribution in [-0.4, -0.2) is 49.6 Å². The van der Waals surface area contributed by atoms with Crippen molar-refractivity contribution in [3.8, 4) is 0 Å². The maximum Gasteiger partial charge on any atom is 0.159 e. The Morgan fingerprint density at radius 2 is 2.12 bits per heavy atom. The van der Waals surface area contributed by atoms with E-state index in [1.807, 2.05) is 6.08 Å². The van der Waals surface area contributed by atoms with Crippen molar-refractivity contribution in [2.75, 3.05) is 6.54 Å². The maximum absolute atomic E-state index is 14.2. The molecule has 4 rings (SSSR count). The van der Waals surface area contributed by atoms with Crippen molar-refractivity contribution in [3.63, 3.8) is 0 Å². The summed E-state index contributed by atoms with van der Waals surface area (Å²) in [5.41, 5.74) is 0.230. The first kappa shape index (κ1) is 18.5. The first-order valence-corrected chi connectivity index (χ1v) is 10.7. The fourth-order valence-corrected chi connectivity index (χ4v) is 5.86. The summed E-state index contributed by atoms with van der Waals surface area (Å²) in [4.78, 5) is 2.43. The van der Waals surface area contributed by atoms with E-state index < -0.39 is 16.9 Å². The van der Waals surface area contributed by atoms with Gasteiger partial charge in [-0.1, -0.05) is 19.1 Å². The van der Waals surface area contributed by atoms with Crippen LogP contribution in [0.5, 0.6) is 0 Å². The Hall–Kier alpha value is -0.890. The molecule has 0 amide bonds. The quantitative estimate of drug-likeness (QED) is 0.580. The topological polar surface area (TPSA) is 52.6 Å². The lowest BCUT2D eigenvalue weighted by atomic mass is 9.88. The van der Waals surface area contributed by atoms with Crippen LogP contribution in [-0.2, 0) is 11.1 Å². The van der Waals surface area contributed by atoms with Gasteiger partial charge in [0, 0.05) is 42.7 Å². The molecule has 0 bridgehead atoms. The second kappa shape index (κ2) is 7.26. The molecular formula is C19H26F2N2O2S. The van der Waals surface area contributed by atoms with E-state index in [2.05, 4.69) is 23.2 Å². The Morgan fingerprint density at radius 1 is 1.31 bits per heavy atom. The summed E-state index contributed by atoms with van der Waals surface area (Å²) < 4.78 is 49.1. The second-order valence-electron chi connectivity index (χ2n) is 7.97. The van der Waals surface area contributed by atoms with Gasteiger partial charge in [-0.05, 0) is 37.7 Å². The molecule has 2 heterocycles. The standard InChI is InChI=1S/C19H26F2N2O2S/c1-11-9-12(26(24)25)5-6-17(11)23-8-7-15-18(23)10-16(22-15)19-13(20)3-2-4-14(19)21/h3,5-6,11-12,15-18,22H,2,4,7-10H2,1H3,(H,24,25). The van der Waals surface area contributed by atoms with E-state index >= 15 is 0 Å². The number of hydrogen-bond acceptors (Lipinski definition) is 3. The van der Waals surface area contributed by atoms with E-state index in [4.69, 9.17) is 0 Å². The minimum atomic E-state index is -1.82. The zero-order valence-electron chi connectivity index (χ0n) is 14.9. The molecule has 2 fully saturated rings. The molecule has 2 aliphatic carbocycles. The lowest BCUT2D eigenvalue weighted by Crippen LogP contribution is -2.46. The molecule has 0 aromatic heterocycles. The highest BCUT2D eigenvalue weighted by atomic mass is 32.2. The first-order chi connectivity index (χ1) is 12.5. The van der Waals surface area contributed by atoms with Crippen LogP contribution in [0.3, 0.4) is 0 Å². The summed E-state index contributed by atoms with van der Waals surface area (Å²) >= 11 is -1.82. The summed E-state index contributed by atoms with van der Waals surface area (Å²) in [5.74, 6) is -0.439. The molecule has 4 nitrogen and oxygen atoms in total. The number of likely N-dealkylation sites (tertiary alicyclic amines) is 1.